The predicted octanol–water partition coefficient (Wildman–Crippen LogP) is 2.37. The van der Waals surface area contributed by atoms with Crippen molar-refractivity contribution in [2.24, 2.45) is 0 Å². The molecule has 25 heavy (non-hydrogen) atoms. The number of esters is 1. The Kier molecular flexibility index (Phi) is 6.64. The fraction of sp³-hybridized carbons (Fsp3) is 0.667. The number of carbonyl (C=O) groups excluding carboxylic acids is 1. The number of rotatable bonds is 7. The minimum Gasteiger partial charge on any atom is -0.457 e. The number of quaternary nitrogens is 1. The summed E-state index contributed by atoms with van der Waals surface area (Å²) in [7, 11) is 4.14. The number of nitrogens with one attached hydrogen (secondary N) is 1. The largest absolute Gasteiger partial charge is 0.457 e. The molecule has 0 spiro atoms. The van der Waals surface area contributed by atoms with Crippen molar-refractivity contribution in [2.75, 3.05) is 27.2 Å². The first kappa shape index (κ1) is 19.9. The van der Waals surface area contributed by atoms with Gasteiger partial charge in [0.1, 0.15) is 12.6 Å². The zero-order chi connectivity index (χ0) is 18.5. The van der Waals surface area contributed by atoms with Gasteiger partial charge in [0.2, 0.25) is 0 Å². The first-order chi connectivity index (χ1) is 11.8. The van der Waals surface area contributed by atoms with Gasteiger partial charge in [-0.1, -0.05) is 37.3 Å². The highest BCUT2D eigenvalue weighted by Crippen LogP contribution is 2.45. The Balaban J connectivity index is 2.20. The van der Waals surface area contributed by atoms with Gasteiger partial charge >= 0.3 is 5.97 Å². The van der Waals surface area contributed by atoms with Crippen LogP contribution >= 0.6 is 0 Å². The fourth-order valence-corrected chi connectivity index (χ4v) is 4.03. The zero-order valence-corrected chi connectivity index (χ0v) is 16.4. The van der Waals surface area contributed by atoms with E-state index in [0.29, 0.717) is 13.0 Å². The Labute approximate surface area is 152 Å². The molecule has 0 amide bonds. The van der Waals surface area contributed by atoms with Crippen molar-refractivity contribution in [1.82, 2.24) is 0 Å². The smallest absolute Gasteiger partial charge is 0.307 e. The van der Waals surface area contributed by atoms with E-state index in [2.05, 4.69) is 52.2 Å². The molecule has 1 aliphatic rings. The minimum absolute atomic E-state index is 0.0669. The quantitative estimate of drug-likeness (QED) is 0.769. The van der Waals surface area contributed by atoms with Crippen molar-refractivity contribution < 1.29 is 19.2 Å². The molecule has 1 fully saturated rings. The highest BCUT2D eigenvalue weighted by atomic mass is 16.5. The number of carbonyl (C=O) groups is 1. The summed E-state index contributed by atoms with van der Waals surface area (Å²) in [6.45, 7) is 7.79. The van der Waals surface area contributed by atoms with E-state index in [-0.39, 0.29) is 23.1 Å². The third-order valence-corrected chi connectivity index (χ3v) is 5.39. The van der Waals surface area contributed by atoms with Crippen molar-refractivity contribution in [3.05, 3.63) is 35.9 Å². The molecule has 2 rings (SSSR count). The second-order valence-corrected chi connectivity index (χ2v) is 8.11. The fourth-order valence-electron chi connectivity index (χ4n) is 4.03. The maximum atomic E-state index is 12.7. The number of ether oxygens (including phenoxy) is 2. The maximum Gasteiger partial charge on any atom is 0.307 e. The summed E-state index contributed by atoms with van der Waals surface area (Å²) < 4.78 is 11.8. The number of benzene rings is 1. The second-order valence-electron chi connectivity index (χ2n) is 8.11. The lowest BCUT2D eigenvalue weighted by atomic mass is 9.66. The van der Waals surface area contributed by atoms with Gasteiger partial charge in [-0.15, -0.1) is 0 Å². The van der Waals surface area contributed by atoms with Crippen LogP contribution in [0.4, 0.5) is 0 Å². The van der Waals surface area contributed by atoms with Crippen LogP contribution in [0.15, 0.2) is 30.3 Å². The van der Waals surface area contributed by atoms with E-state index < -0.39 is 0 Å². The molecule has 0 unspecified atom stereocenters. The Bertz CT molecular complexity index is 560. The van der Waals surface area contributed by atoms with E-state index in [0.717, 1.165) is 25.8 Å². The molecule has 0 aromatic heterocycles. The molecule has 1 saturated heterocycles. The summed E-state index contributed by atoms with van der Waals surface area (Å²) in [5.41, 5.74) is 0.834. The Morgan fingerprint density at radius 1 is 1.32 bits per heavy atom. The average molecular weight is 349 g/mol. The SMILES string of the molecule is CC[C@]1(C)C[C@](CC(=O)O[C@@H](C)C[NH+](C)C)(c2ccccc2)CCO1. The van der Waals surface area contributed by atoms with Crippen molar-refractivity contribution >= 4 is 5.97 Å². The first-order valence-corrected chi connectivity index (χ1v) is 9.47. The summed E-state index contributed by atoms with van der Waals surface area (Å²) >= 11 is 0. The molecule has 0 bridgehead atoms. The standard InChI is InChI=1S/C21H33NO3/c1-6-20(3)16-21(12-13-24-20,18-10-8-7-9-11-18)14-19(23)25-17(2)15-22(4)5/h7-11,17H,6,12-16H2,1-5H3/p+1/t17-,20+,21-/m0/s1. The van der Waals surface area contributed by atoms with Gasteiger partial charge in [0.05, 0.1) is 26.1 Å². The van der Waals surface area contributed by atoms with E-state index in [1.54, 1.807) is 0 Å². The van der Waals surface area contributed by atoms with E-state index in [9.17, 15) is 4.79 Å². The predicted molar refractivity (Wildman–Crippen MR) is 99.9 cm³/mol. The topological polar surface area (TPSA) is 40.0 Å². The van der Waals surface area contributed by atoms with Crippen molar-refractivity contribution in [2.45, 2.75) is 63.6 Å². The molecule has 1 aliphatic heterocycles. The molecular weight excluding hydrogens is 314 g/mol. The van der Waals surface area contributed by atoms with Crippen LogP contribution in [0.25, 0.3) is 0 Å². The van der Waals surface area contributed by atoms with Crippen molar-refractivity contribution in [3.8, 4) is 0 Å². The summed E-state index contributed by atoms with van der Waals surface area (Å²) in [6, 6.07) is 10.4. The van der Waals surface area contributed by atoms with Gasteiger partial charge in [-0.25, -0.2) is 0 Å². The third-order valence-electron chi connectivity index (χ3n) is 5.39. The molecule has 1 aromatic rings. The van der Waals surface area contributed by atoms with Gasteiger partial charge in [0.15, 0.2) is 0 Å². The lowest BCUT2D eigenvalue weighted by Gasteiger charge is -2.46. The zero-order valence-electron chi connectivity index (χ0n) is 16.4. The molecule has 1 N–H and O–H groups in total. The van der Waals surface area contributed by atoms with Crippen LogP contribution in [-0.4, -0.2) is 44.9 Å². The molecule has 1 heterocycles. The van der Waals surface area contributed by atoms with Crippen LogP contribution in [0.2, 0.25) is 0 Å². The lowest BCUT2D eigenvalue weighted by molar-refractivity contribution is -0.861. The van der Waals surface area contributed by atoms with Crippen molar-refractivity contribution in [1.29, 1.82) is 0 Å². The Hall–Kier alpha value is -1.39. The second kappa shape index (κ2) is 8.33. The highest BCUT2D eigenvalue weighted by Gasteiger charge is 2.45. The Morgan fingerprint density at radius 2 is 2.00 bits per heavy atom. The average Bonchev–Trinajstić information content (AvgIpc) is 2.54. The molecule has 4 heteroatoms. The van der Waals surface area contributed by atoms with Gasteiger partial charge in [-0.05, 0) is 38.7 Å². The van der Waals surface area contributed by atoms with E-state index >= 15 is 0 Å². The van der Waals surface area contributed by atoms with Crippen molar-refractivity contribution in [3.63, 3.8) is 0 Å². The summed E-state index contributed by atoms with van der Waals surface area (Å²) in [4.78, 5) is 14.0. The molecule has 1 aromatic carbocycles. The van der Waals surface area contributed by atoms with E-state index in [4.69, 9.17) is 9.47 Å². The summed E-state index contributed by atoms with van der Waals surface area (Å²) in [5.74, 6) is -0.0991. The first-order valence-electron chi connectivity index (χ1n) is 9.47. The minimum atomic E-state index is -0.202. The van der Waals surface area contributed by atoms with E-state index in [1.165, 1.54) is 10.5 Å². The molecule has 0 radical (unpaired) electrons. The highest BCUT2D eigenvalue weighted by molar-refractivity contribution is 5.72. The monoisotopic (exact) mass is 348 g/mol. The molecule has 4 nitrogen and oxygen atoms in total. The molecule has 0 aliphatic carbocycles. The van der Waals surface area contributed by atoms with Gasteiger partial charge in [-0.2, -0.15) is 0 Å². The van der Waals surface area contributed by atoms with Gasteiger partial charge in [0, 0.05) is 12.0 Å². The van der Waals surface area contributed by atoms with Crippen LogP contribution in [0.3, 0.4) is 0 Å². The lowest BCUT2D eigenvalue weighted by Crippen LogP contribution is -3.07. The number of likely N-dealkylation sites (N-methyl/N-ethyl adjacent to an activating group) is 1. The molecular formula is C21H34NO3+. The van der Waals surface area contributed by atoms with Gasteiger partial charge < -0.3 is 14.4 Å². The van der Waals surface area contributed by atoms with E-state index in [1.807, 2.05) is 13.0 Å². The van der Waals surface area contributed by atoms with Gasteiger partial charge in [-0.3, -0.25) is 4.79 Å². The molecule has 0 saturated carbocycles. The third kappa shape index (κ3) is 5.29. The van der Waals surface area contributed by atoms with Crippen LogP contribution in [-0.2, 0) is 19.7 Å². The van der Waals surface area contributed by atoms with Crippen LogP contribution in [0.5, 0.6) is 0 Å². The maximum absolute atomic E-state index is 12.7. The van der Waals surface area contributed by atoms with Crippen LogP contribution < -0.4 is 4.90 Å². The number of hydrogen-bond donors (Lipinski definition) is 1. The van der Waals surface area contributed by atoms with Crippen LogP contribution in [0.1, 0.15) is 52.0 Å². The van der Waals surface area contributed by atoms with Crippen LogP contribution in [0, 0.1) is 0 Å². The summed E-state index contributed by atoms with van der Waals surface area (Å²) in [6.07, 6.45) is 3.00. The molecule has 3 atom stereocenters. The number of hydrogen-bond acceptors (Lipinski definition) is 3. The molecule has 140 valence electrons. The Morgan fingerprint density at radius 3 is 2.60 bits per heavy atom. The van der Waals surface area contributed by atoms with Gasteiger partial charge in [0.25, 0.3) is 0 Å². The summed E-state index contributed by atoms with van der Waals surface area (Å²) in [5, 5.41) is 0. The normalized spacial score (nSPS) is 27.9.